The van der Waals surface area contributed by atoms with E-state index in [-0.39, 0.29) is 5.78 Å². The van der Waals surface area contributed by atoms with Crippen molar-refractivity contribution in [3.05, 3.63) is 71.3 Å². The molecule has 0 aliphatic carbocycles. The van der Waals surface area contributed by atoms with Crippen LogP contribution in [-0.4, -0.2) is 30.3 Å². The van der Waals surface area contributed by atoms with Crippen molar-refractivity contribution in [3.8, 4) is 5.75 Å². The minimum Gasteiger partial charge on any atom is -0.468 e. The van der Waals surface area contributed by atoms with Gasteiger partial charge < -0.3 is 14.6 Å². The van der Waals surface area contributed by atoms with Crippen LogP contribution in [0.3, 0.4) is 0 Å². The van der Waals surface area contributed by atoms with Gasteiger partial charge in [-0.15, -0.1) is 0 Å². The Morgan fingerprint density at radius 2 is 1.58 bits per heavy atom. The molecule has 2 rings (SSSR count). The van der Waals surface area contributed by atoms with Crippen LogP contribution in [0.4, 0.5) is 0 Å². The number of hydrogen-bond donors (Lipinski definition) is 1. The average molecular weight is 326 g/mol. The van der Waals surface area contributed by atoms with Gasteiger partial charge in [-0.2, -0.15) is 0 Å². The van der Waals surface area contributed by atoms with E-state index in [2.05, 4.69) is 0 Å². The highest BCUT2D eigenvalue weighted by Gasteiger charge is 2.09. The second-order valence-corrected chi connectivity index (χ2v) is 4.83. The molecule has 0 atom stereocenters. The molecule has 5 nitrogen and oxygen atoms in total. The summed E-state index contributed by atoms with van der Waals surface area (Å²) in [5, 5.41) is 8.69. The zero-order chi connectivity index (χ0) is 17.4. The number of benzene rings is 2. The SMILES string of the molecule is CCOC(=O)/C=C/c1ccc(C(=O)c2ccc(OCO)cc2)cc1. The summed E-state index contributed by atoms with van der Waals surface area (Å²) in [7, 11) is 0. The molecule has 5 heteroatoms. The maximum Gasteiger partial charge on any atom is 0.330 e. The summed E-state index contributed by atoms with van der Waals surface area (Å²) in [5.41, 5.74) is 1.86. The molecule has 2 aromatic carbocycles. The van der Waals surface area contributed by atoms with Crippen LogP contribution in [-0.2, 0) is 9.53 Å². The van der Waals surface area contributed by atoms with Crippen molar-refractivity contribution >= 4 is 17.8 Å². The van der Waals surface area contributed by atoms with Gasteiger partial charge in [-0.1, -0.05) is 24.3 Å². The molecule has 0 amide bonds. The van der Waals surface area contributed by atoms with E-state index in [1.807, 2.05) is 0 Å². The Morgan fingerprint density at radius 1 is 1.00 bits per heavy atom. The third-order valence-electron chi connectivity index (χ3n) is 3.22. The standard InChI is InChI=1S/C19H18O5/c1-2-23-18(21)12-5-14-3-6-15(7-4-14)19(22)16-8-10-17(11-9-16)24-13-20/h3-12,20H,2,13H2,1H3/b12-5+. The van der Waals surface area contributed by atoms with Gasteiger partial charge in [0.2, 0.25) is 0 Å². The van der Waals surface area contributed by atoms with Crippen molar-refractivity contribution in [2.24, 2.45) is 0 Å². The van der Waals surface area contributed by atoms with Crippen LogP contribution >= 0.6 is 0 Å². The summed E-state index contributed by atoms with van der Waals surface area (Å²) in [6, 6.07) is 13.4. The van der Waals surface area contributed by atoms with Crippen molar-refractivity contribution in [1.29, 1.82) is 0 Å². The Balaban J connectivity index is 2.06. The zero-order valence-electron chi connectivity index (χ0n) is 13.3. The van der Waals surface area contributed by atoms with E-state index in [1.54, 1.807) is 61.5 Å². The maximum atomic E-state index is 12.4. The van der Waals surface area contributed by atoms with Gasteiger partial charge in [-0.25, -0.2) is 4.79 Å². The molecule has 0 heterocycles. The molecule has 0 radical (unpaired) electrons. The van der Waals surface area contributed by atoms with Crippen LogP contribution in [0, 0.1) is 0 Å². The third-order valence-corrected chi connectivity index (χ3v) is 3.22. The number of aliphatic hydroxyl groups is 1. The summed E-state index contributed by atoms with van der Waals surface area (Å²) in [5.74, 6) is -0.0252. The maximum absolute atomic E-state index is 12.4. The summed E-state index contributed by atoms with van der Waals surface area (Å²) in [4.78, 5) is 23.7. The fourth-order valence-electron chi connectivity index (χ4n) is 2.04. The van der Waals surface area contributed by atoms with Crippen LogP contribution in [0.15, 0.2) is 54.6 Å². The van der Waals surface area contributed by atoms with Gasteiger partial charge in [-0.3, -0.25) is 4.79 Å². The molecule has 0 bridgehead atoms. The average Bonchev–Trinajstić information content (AvgIpc) is 2.61. The second-order valence-electron chi connectivity index (χ2n) is 4.83. The van der Waals surface area contributed by atoms with Gasteiger partial charge in [0.25, 0.3) is 0 Å². The number of rotatable bonds is 7. The monoisotopic (exact) mass is 326 g/mol. The van der Waals surface area contributed by atoms with Crippen LogP contribution in [0.2, 0.25) is 0 Å². The number of ketones is 1. The van der Waals surface area contributed by atoms with Crippen LogP contribution in [0.25, 0.3) is 6.08 Å². The summed E-state index contributed by atoms with van der Waals surface area (Å²) < 4.78 is 9.73. The quantitative estimate of drug-likeness (QED) is 0.366. The third kappa shape index (κ3) is 4.79. The van der Waals surface area contributed by atoms with Crippen molar-refractivity contribution in [2.45, 2.75) is 6.92 Å². The number of ether oxygens (including phenoxy) is 2. The summed E-state index contributed by atoms with van der Waals surface area (Å²) in [6.45, 7) is 1.67. The first-order chi connectivity index (χ1) is 11.6. The molecule has 0 aliphatic heterocycles. The number of hydrogen-bond acceptors (Lipinski definition) is 5. The Kier molecular flexibility index (Phi) is 6.28. The van der Waals surface area contributed by atoms with Crippen molar-refractivity contribution in [3.63, 3.8) is 0 Å². The predicted octanol–water partition coefficient (Wildman–Crippen LogP) is 2.82. The zero-order valence-corrected chi connectivity index (χ0v) is 13.3. The van der Waals surface area contributed by atoms with E-state index in [4.69, 9.17) is 14.6 Å². The summed E-state index contributed by atoms with van der Waals surface area (Å²) in [6.07, 6.45) is 2.98. The molecule has 0 aliphatic rings. The van der Waals surface area contributed by atoms with Crippen LogP contribution in [0.5, 0.6) is 5.75 Å². The number of aliphatic hydroxyl groups excluding tert-OH is 1. The molecule has 1 N–H and O–H groups in total. The predicted molar refractivity (Wildman–Crippen MR) is 89.7 cm³/mol. The highest BCUT2D eigenvalue weighted by molar-refractivity contribution is 6.09. The largest absolute Gasteiger partial charge is 0.468 e. The lowest BCUT2D eigenvalue weighted by atomic mass is 10.0. The first-order valence-corrected chi connectivity index (χ1v) is 7.47. The Morgan fingerprint density at radius 3 is 2.12 bits per heavy atom. The van der Waals surface area contributed by atoms with E-state index in [9.17, 15) is 9.59 Å². The van der Waals surface area contributed by atoms with Crippen LogP contribution < -0.4 is 4.74 Å². The number of esters is 1. The molecule has 24 heavy (non-hydrogen) atoms. The van der Waals surface area contributed by atoms with E-state index in [0.717, 1.165) is 5.56 Å². The smallest absolute Gasteiger partial charge is 0.330 e. The van der Waals surface area contributed by atoms with E-state index in [1.165, 1.54) is 6.08 Å². The van der Waals surface area contributed by atoms with Gasteiger partial charge in [0.1, 0.15) is 5.75 Å². The van der Waals surface area contributed by atoms with Gasteiger partial charge in [0.15, 0.2) is 12.6 Å². The molecule has 0 spiro atoms. The molecular formula is C19H18O5. The molecule has 0 aromatic heterocycles. The normalized spacial score (nSPS) is 10.6. The van der Waals surface area contributed by atoms with Gasteiger partial charge in [-0.05, 0) is 42.8 Å². The highest BCUT2D eigenvalue weighted by atomic mass is 16.6. The second kappa shape index (κ2) is 8.64. The van der Waals surface area contributed by atoms with Gasteiger partial charge in [0.05, 0.1) is 6.61 Å². The van der Waals surface area contributed by atoms with Gasteiger partial charge >= 0.3 is 5.97 Å². The Hall–Kier alpha value is -2.92. The molecular weight excluding hydrogens is 308 g/mol. The Bertz CT molecular complexity index is 714. The minimum atomic E-state index is -0.409. The first-order valence-electron chi connectivity index (χ1n) is 7.47. The van der Waals surface area contributed by atoms with E-state index < -0.39 is 12.8 Å². The lowest BCUT2D eigenvalue weighted by Gasteiger charge is -2.04. The van der Waals surface area contributed by atoms with Crippen molar-refractivity contribution in [2.75, 3.05) is 13.4 Å². The fraction of sp³-hybridized carbons (Fsp3) is 0.158. The number of carbonyl (C=O) groups excluding carboxylic acids is 2. The Labute approximate surface area is 140 Å². The van der Waals surface area contributed by atoms with E-state index >= 15 is 0 Å². The minimum absolute atomic E-state index is 0.119. The highest BCUT2D eigenvalue weighted by Crippen LogP contribution is 2.16. The molecule has 0 saturated carbocycles. The lowest BCUT2D eigenvalue weighted by Crippen LogP contribution is -2.02. The molecule has 0 saturated heterocycles. The van der Waals surface area contributed by atoms with Crippen molar-refractivity contribution in [1.82, 2.24) is 0 Å². The first kappa shape index (κ1) is 17.4. The van der Waals surface area contributed by atoms with E-state index in [0.29, 0.717) is 23.5 Å². The van der Waals surface area contributed by atoms with Crippen molar-refractivity contribution < 1.29 is 24.2 Å². The lowest BCUT2D eigenvalue weighted by molar-refractivity contribution is -0.137. The molecule has 2 aromatic rings. The fourth-order valence-corrected chi connectivity index (χ4v) is 2.04. The molecule has 0 fully saturated rings. The van der Waals surface area contributed by atoms with Crippen LogP contribution in [0.1, 0.15) is 28.4 Å². The van der Waals surface area contributed by atoms with Gasteiger partial charge in [0, 0.05) is 17.2 Å². The molecule has 0 unspecified atom stereocenters. The number of carbonyl (C=O) groups is 2. The summed E-state index contributed by atoms with van der Waals surface area (Å²) >= 11 is 0. The topological polar surface area (TPSA) is 72.8 Å². The molecule has 124 valence electrons.